The third-order valence-electron chi connectivity index (χ3n) is 4.13. The second-order valence-corrected chi connectivity index (χ2v) is 6.10. The second-order valence-electron chi connectivity index (χ2n) is 6.10. The number of carbonyl (C=O) groups is 1. The number of aryl methyl sites for hydroxylation is 1. The van der Waals surface area contributed by atoms with Crippen LogP contribution in [0.4, 0.5) is 11.4 Å². The van der Waals surface area contributed by atoms with Crippen molar-refractivity contribution >= 4 is 17.3 Å². The molecular weight excluding hydrogens is 264 g/mol. The minimum absolute atomic E-state index is 0.0195. The fourth-order valence-electron chi connectivity index (χ4n) is 2.90. The first-order valence-electron chi connectivity index (χ1n) is 7.50. The number of nitrogens with one attached hydrogen (secondary N) is 1. The summed E-state index contributed by atoms with van der Waals surface area (Å²) in [6.45, 7) is 4.46. The zero-order valence-electron chi connectivity index (χ0n) is 13.2. The molecule has 116 valence electrons. The number of carbonyl (C=O) groups excluding carboxylic acids is 1. The third kappa shape index (κ3) is 4.44. The van der Waals surface area contributed by atoms with E-state index in [-0.39, 0.29) is 5.91 Å². The Morgan fingerprint density at radius 1 is 1.52 bits per heavy atom. The standard InChI is InChI=1S/C16H26N4O/c1-12-9-13(17)6-7-15(12)18-16(21)11-19(2)10-14-5-4-8-20(14)3/h6-7,9,14H,4-5,8,10-11,17H2,1-3H3,(H,18,21). The fraction of sp³-hybridized carbons (Fsp3) is 0.562. The average molecular weight is 290 g/mol. The van der Waals surface area contributed by atoms with E-state index in [4.69, 9.17) is 5.73 Å². The van der Waals surface area contributed by atoms with Crippen molar-refractivity contribution in [3.8, 4) is 0 Å². The largest absolute Gasteiger partial charge is 0.399 e. The molecule has 21 heavy (non-hydrogen) atoms. The van der Waals surface area contributed by atoms with Gasteiger partial charge in [0.05, 0.1) is 6.54 Å². The number of nitrogens with two attached hydrogens (primary N) is 1. The minimum Gasteiger partial charge on any atom is -0.399 e. The lowest BCUT2D eigenvalue weighted by Crippen LogP contribution is -2.40. The van der Waals surface area contributed by atoms with Gasteiger partial charge >= 0.3 is 0 Å². The first-order valence-corrected chi connectivity index (χ1v) is 7.50. The molecule has 5 nitrogen and oxygen atoms in total. The Labute approximate surface area is 127 Å². The molecule has 0 spiro atoms. The molecule has 1 fully saturated rings. The minimum atomic E-state index is 0.0195. The number of likely N-dealkylation sites (tertiary alicyclic amines) is 1. The summed E-state index contributed by atoms with van der Waals surface area (Å²) in [5.74, 6) is 0.0195. The van der Waals surface area contributed by atoms with Crippen LogP contribution < -0.4 is 11.1 Å². The van der Waals surface area contributed by atoms with Crippen LogP contribution in [0.5, 0.6) is 0 Å². The van der Waals surface area contributed by atoms with Crippen molar-refractivity contribution in [2.45, 2.75) is 25.8 Å². The maximum atomic E-state index is 12.1. The van der Waals surface area contributed by atoms with E-state index in [1.165, 1.54) is 12.8 Å². The molecule has 1 heterocycles. The summed E-state index contributed by atoms with van der Waals surface area (Å²) in [6.07, 6.45) is 2.48. The van der Waals surface area contributed by atoms with Crippen LogP contribution in [0.25, 0.3) is 0 Å². The molecular formula is C16H26N4O. The van der Waals surface area contributed by atoms with Crippen LogP contribution in [0.1, 0.15) is 18.4 Å². The number of benzene rings is 1. The van der Waals surface area contributed by atoms with Gasteiger partial charge in [0, 0.05) is 24.0 Å². The number of nitrogen functional groups attached to an aromatic ring is 1. The Hall–Kier alpha value is -1.59. The van der Waals surface area contributed by atoms with Crippen molar-refractivity contribution in [3.63, 3.8) is 0 Å². The predicted octanol–water partition coefficient (Wildman–Crippen LogP) is 1.54. The highest BCUT2D eigenvalue weighted by Gasteiger charge is 2.22. The van der Waals surface area contributed by atoms with Gasteiger partial charge < -0.3 is 16.0 Å². The maximum Gasteiger partial charge on any atom is 0.238 e. The molecule has 1 unspecified atom stereocenters. The smallest absolute Gasteiger partial charge is 0.238 e. The average Bonchev–Trinajstić information content (AvgIpc) is 2.78. The van der Waals surface area contributed by atoms with Crippen LogP contribution in [0.2, 0.25) is 0 Å². The molecule has 1 aromatic carbocycles. The van der Waals surface area contributed by atoms with Gasteiger partial charge in [-0.25, -0.2) is 0 Å². The molecule has 1 amide bonds. The summed E-state index contributed by atoms with van der Waals surface area (Å²) in [5.41, 5.74) is 8.25. The van der Waals surface area contributed by atoms with Crippen molar-refractivity contribution in [1.29, 1.82) is 0 Å². The third-order valence-corrected chi connectivity index (χ3v) is 4.13. The first kappa shape index (κ1) is 15.8. The lowest BCUT2D eigenvalue weighted by Gasteiger charge is -2.25. The van der Waals surface area contributed by atoms with Gasteiger partial charge in [-0.1, -0.05) is 0 Å². The normalized spacial score (nSPS) is 19.1. The fourth-order valence-corrected chi connectivity index (χ4v) is 2.90. The van der Waals surface area contributed by atoms with Crippen LogP contribution in [0.15, 0.2) is 18.2 Å². The molecule has 1 saturated heterocycles. The van der Waals surface area contributed by atoms with E-state index in [2.05, 4.69) is 22.2 Å². The number of amides is 1. The Kier molecular flexibility index (Phi) is 5.20. The summed E-state index contributed by atoms with van der Waals surface area (Å²) >= 11 is 0. The Morgan fingerprint density at radius 2 is 2.29 bits per heavy atom. The zero-order valence-corrected chi connectivity index (χ0v) is 13.2. The molecule has 0 aliphatic carbocycles. The van der Waals surface area contributed by atoms with E-state index in [0.717, 1.165) is 24.3 Å². The van der Waals surface area contributed by atoms with Gasteiger partial charge in [0.25, 0.3) is 0 Å². The number of rotatable bonds is 5. The molecule has 3 N–H and O–H groups in total. The molecule has 1 aliphatic heterocycles. The molecule has 1 atom stereocenters. The highest BCUT2D eigenvalue weighted by molar-refractivity contribution is 5.93. The van der Waals surface area contributed by atoms with Crippen molar-refractivity contribution in [3.05, 3.63) is 23.8 Å². The maximum absolute atomic E-state index is 12.1. The van der Waals surface area contributed by atoms with Crippen molar-refractivity contribution in [2.75, 3.05) is 44.8 Å². The highest BCUT2D eigenvalue weighted by Crippen LogP contribution is 2.18. The van der Waals surface area contributed by atoms with Crippen LogP contribution >= 0.6 is 0 Å². The van der Waals surface area contributed by atoms with Crippen LogP contribution in [-0.2, 0) is 4.79 Å². The highest BCUT2D eigenvalue weighted by atomic mass is 16.2. The topological polar surface area (TPSA) is 61.6 Å². The van der Waals surface area contributed by atoms with E-state index >= 15 is 0 Å². The van der Waals surface area contributed by atoms with E-state index in [0.29, 0.717) is 18.3 Å². The summed E-state index contributed by atoms with van der Waals surface area (Å²) < 4.78 is 0. The number of hydrogen-bond acceptors (Lipinski definition) is 4. The van der Waals surface area contributed by atoms with Gasteiger partial charge in [0.15, 0.2) is 0 Å². The van der Waals surface area contributed by atoms with Crippen LogP contribution in [0, 0.1) is 6.92 Å². The SMILES string of the molecule is Cc1cc(N)ccc1NC(=O)CN(C)CC1CCCN1C. The van der Waals surface area contributed by atoms with Crippen molar-refractivity contribution < 1.29 is 4.79 Å². The number of anilines is 2. The van der Waals surface area contributed by atoms with Crippen LogP contribution in [0.3, 0.4) is 0 Å². The van der Waals surface area contributed by atoms with E-state index in [1.807, 2.05) is 26.1 Å². The second kappa shape index (κ2) is 6.91. The van der Waals surface area contributed by atoms with Crippen LogP contribution in [-0.4, -0.2) is 55.5 Å². The predicted molar refractivity (Wildman–Crippen MR) is 87.4 cm³/mol. The van der Waals surface area contributed by atoms with E-state index in [1.54, 1.807) is 6.07 Å². The molecule has 1 aliphatic rings. The van der Waals surface area contributed by atoms with Gasteiger partial charge in [-0.3, -0.25) is 9.69 Å². The Balaban J connectivity index is 1.83. The summed E-state index contributed by atoms with van der Waals surface area (Å²) in [4.78, 5) is 16.6. The number of hydrogen-bond donors (Lipinski definition) is 2. The molecule has 2 rings (SSSR count). The van der Waals surface area contributed by atoms with Gasteiger partial charge in [-0.05, 0) is 64.2 Å². The summed E-state index contributed by atoms with van der Waals surface area (Å²) in [5, 5.41) is 2.95. The monoisotopic (exact) mass is 290 g/mol. The molecule has 0 bridgehead atoms. The number of likely N-dealkylation sites (N-methyl/N-ethyl adjacent to an activating group) is 2. The Morgan fingerprint density at radius 3 is 2.90 bits per heavy atom. The molecule has 0 aromatic heterocycles. The van der Waals surface area contributed by atoms with E-state index < -0.39 is 0 Å². The van der Waals surface area contributed by atoms with E-state index in [9.17, 15) is 4.79 Å². The molecule has 0 radical (unpaired) electrons. The lowest BCUT2D eigenvalue weighted by molar-refractivity contribution is -0.117. The van der Waals surface area contributed by atoms with Crippen molar-refractivity contribution in [1.82, 2.24) is 9.80 Å². The summed E-state index contributed by atoms with van der Waals surface area (Å²) in [7, 11) is 4.16. The zero-order chi connectivity index (χ0) is 15.4. The van der Waals surface area contributed by atoms with Gasteiger partial charge in [0.1, 0.15) is 0 Å². The Bertz CT molecular complexity index is 503. The first-order chi connectivity index (χ1) is 9.95. The van der Waals surface area contributed by atoms with Gasteiger partial charge in [0.2, 0.25) is 5.91 Å². The molecule has 0 saturated carbocycles. The number of nitrogens with zero attached hydrogens (tertiary/aromatic N) is 2. The molecule has 1 aromatic rings. The van der Waals surface area contributed by atoms with Crippen molar-refractivity contribution in [2.24, 2.45) is 0 Å². The quantitative estimate of drug-likeness (QED) is 0.808. The molecule has 5 heteroatoms. The van der Waals surface area contributed by atoms with Gasteiger partial charge in [-0.15, -0.1) is 0 Å². The lowest BCUT2D eigenvalue weighted by atomic mass is 10.2. The summed E-state index contributed by atoms with van der Waals surface area (Å²) in [6, 6.07) is 6.10. The van der Waals surface area contributed by atoms with Gasteiger partial charge in [-0.2, -0.15) is 0 Å².